The predicted molar refractivity (Wildman–Crippen MR) is 74.3 cm³/mol. The lowest BCUT2D eigenvalue weighted by atomic mass is 10.3. The zero-order valence-corrected chi connectivity index (χ0v) is 11.4. The van der Waals surface area contributed by atoms with Crippen LogP contribution in [-0.4, -0.2) is 34.9 Å². The number of hydrogen-bond donors (Lipinski definition) is 1. The zero-order chi connectivity index (χ0) is 14.5. The number of halogens is 1. The number of methoxy groups -OCH3 is 1. The van der Waals surface area contributed by atoms with Crippen LogP contribution in [0.15, 0.2) is 30.5 Å². The van der Waals surface area contributed by atoms with Crippen molar-refractivity contribution in [2.75, 3.05) is 13.7 Å². The van der Waals surface area contributed by atoms with Crippen LogP contribution in [0.3, 0.4) is 0 Å². The normalized spacial score (nSPS) is 10.9. The number of nitrogens with one attached hydrogen (secondary N) is 1. The van der Waals surface area contributed by atoms with Crippen molar-refractivity contribution in [3.05, 3.63) is 41.3 Å². The molecule has 2 heterocycles. The molecule has 0 aliphatic carbocycles. The molecule has 0 aromatic carbocycles. The second kappa shape index (κ2) is 6.21. The van der Waals surface area contributed by atoms with Gasteiger partial charge in [0.25, 0.3) is 0 Å². The van der Waals surface area contributed by atoms with E-state index in [-0.39, 0.29) is 6.54 Å². The molecule has 0 spiro atoms. The van der Waals surface area contributed by atoms with Crippen LogP contribution >= 0.6 is 11.6 Å². The maximum absolute atomic E-state index is 11.5. The quantitative estimate of drug-likeness (QED) is 0.681. The molecular weight excluding hydrogens is 282 g/mol. The van der Waals surface area contributed by atoms with E-state index < -0.39 is 11.9 Å². The molecule has 6 nitrogen and oxygen atoms in total. The van der Waals surface area contributed by atoms with Crippen LogP contribution in [0.2, 0.25) is 5.15 Å². The van der Waals surface area contributed by atoms with Gasteiger partial charge in [0.15, 0.2) is 5.15 Å². The third-order valence-electron chi connectivity index (χ3n) is 2.55. The van der Waals surface area contributed by atoms with Crippen LogP contribution in [-0.2, 0) is 14.3 Å². The summed E-state index contributed by atoms with van der Waals surface area (Å²) in [5, 5.41) is 2.69. The van der Waals surface area contributed by atoms with Crippen molar-refractivity contribution in [2.45, 2.75) is 0 Å². The molecule has 104 valence electrons. The number of esters is 1. The van der Waals surface area contributed by atoms with Crippen LogP contribution in [0, 0.1) is 0 Å². The minimum absolute atomic E-state index is 0.180. The van der Waals surface area contributed by atoms with E-state index in [9.17, 15) is 9.59 Å². The number of fused-ring (bicyclic) bond motifs is 1. The van der Waals surface area contributed by atoms with Crippen molar-refractivity contribution in [3.63, 3.8) is 0 Å². The van der Waals surface area contributed by atoms with Gasteiger partial charge in [-0.15, -0.1) is 0 Å². The van der Waals surface area contributed by atoms with Gasteiger partial charge in [-0.05, 0) is 18.2 Å². The maximum Gasteiger partial charge on any atom is 0.325 e. The largest absolute Gasteiger partial charge is 0.468 e. The van der Waals surface area contributed by atoms with Gasteiger partial charge in [0.05, 0.1) is 12.8 Å². The molecule has 7 heteroatoms. The van der Waals surface area contributed by atoms with E-state index in [1.165, 1.54) is 19.3 Å². The SMILES string of the molecule is COC(=O)CNC(=O)/C=C/c1c(Cl)nc2ccccn12. The molecule has 0 atom stereocenters. The van der Waals surface area contributed by atoms with Crippen LogP contribution in [0.25, 0.3) is 11.7 Å². The van der Waals surface area contributed by atoms with Crippen LogP contribution in [0.1, 0.15) is 5.69 Å². The average molecular weight is 294 g/mol. The van der Waals surface area contributed by atoms with Crippen LogP contribution in [0.5, 0.6) is 0 Å². The number of amides is 1. The number of imidazole rings is 1. The first-order valence-corrected chi connectivity index (χ1v) is 6.15. The Morgan fingerprint density at radius 2 is 2.30 bits per heavy atom. The lowest BCUT2D eigenvalue weighted by Gasteiger charge is -2.00. The Morgan fingerprint density at radius 3 is 3.05 bits per heavy atom. The molecule has 2 aromatic rings. The fourth-order valence-corrected chi connectivity index (χ4v) is 1.82. The monoisotopic (exact) mass is 293 g/mol. The first-order valence-electron chi connectivity index (χ1n) is 5.77. The molecule has 0 radical (unpaired) electrons. The first kappa shape index (κ1) is 14.1. The van der Waals surface area contributed by atoms with Gasteiger partial charge in [0.1, 0.15) is 12.2 Å². The number of ether oxygens (including phenoxy) is 1. The number of carbonyl (C=O) groups excluding carboxylic acids is 2. The fourth-order valence-electron chi connectivity index (χ4n) is 1.58. The van der Waals surface area contributed by atoms with E-state index in [1.807, 2.05) is 12.1 Å². The smallest absolute Gasteiger partial charge is 0.325 e. The molecule has 2 rings (SSSR count). The summed E-state index contributed by atoms with van der Waals surface area (Å²) in [4.78, 5) is 26.6. The minimum atomic E-state index is -0.514. The molecule has 2 aromatic heterocycles. The van der Waals surface area contributed by atoms with E-state index in [1.54, 1.807) is 16.7 Å². The van der Waals surface area contributed by atoms with Gasteiger partial charge >= 0.3 is 5.97 Å². The highest BCUT2D eigenvalue weighted by atomic mass is 35.5. The molecule has 0 aliphatic rings. The second-order valence-corrected chi connectivity index (χ2v) is 4.20. The highest BCUT2D eigenvalue weighted by Gasteiger charge is 2.07. The van der Waals surface area contributed by atoms with Gasteiger partial charge < -0.3 is 10.1 Å². The summed E-state index contributed by atoms with van der Waals surface area (Å²) in [5.41, 5.74) is 1.28. The lowest BCUT2D eigenvalue weighted by Crippen LogP contribution is -2.28. The second-order valence-electron chi connectivity index (χ2n) is 3.84. The van der Waals surface area contributed by atoms with E-state index in [0.29, 0.717) is 16.5 Å². The van der Waals surface area contributed by atoms with Crippen molar-refractivity contribution in [1.29, 1.82) is 0 Å². The third-order valence-corrected chi connectivity index (χ3v) is 2.83. The van der Waals surface area contributed by atoms with Gasteiger partial charge in [-0.1, -0.05) is 17.7 Å². The predicted octanol–water partition coefficient (Wildman–Crippen LogP) is 1.29. The summed E-state index contributed by atoms with van der Waals surface area (Å²) in [5.74, 6) is -0.933. The first-order chi connectivity index (χ1) is 9.61. The molecule has 1 N–H and O–H groups in total. The molecule has 20 heavy (non-hydrogen) atoms. The Labute approximate surface area is 120 Å². The molecule has 0 aliphatic heterocycles. The Balaban J connectivity index is 2.11. The van der Waals surface area contributed by atoms with Gasteiger partial charge in [-0.3, -0.25) is 14.0 Å². The summed E-state index contributed by atoms with van der Waals surface area (Å²) < 4.78 is 6.17. The Hall–Kier alpha value is -2.34. The van der Waals surface area contributed by atoms with Crippen LogP contribution < -0.4 is 5.32 Å². The third kappa shape index (κ3) is 3.16. The molecule has 0 bridgehead atoms. The standard InChI is InChI=1S/C13H12ClN3O3/c1-20-12(19)8-15-11(18)6-5-9-13(14)16-10-4-2-3-7-17(9)10/h2-7H,8H2,1H3,(H,15,18)/b6-5+. The highest BCUT2D eigenvalue weighted by molar-refractivity contribution is 6.31. The van der Waals surface area contributed by atoms with E-state index in [4.69, 9.17) is 11.6 Å². The molecular formula is C13H12ClN3O3. The van der Waals surface area contributed by atoms with Gasteiger partial charge in [0, 0.05) is 12.3 Å². The van der Waals surface area contributed by atoms with Gasteiger partial charge in [0.2, 0.25) is 5.91 Å². The number of carbonyl (C=O) groups is 2. The van der Waals surface area contributed by atoms with Crippen molar-refractivity contribution in [2.24, 2.45) is 0 Å². The summed E-state index contributed by atoms with van der Waals surface area (Å²) in [6, 6.07) is 5.48. The number of hydrogen-bond acceptors (Lipinski definition) is 4. The summed E-state index contributed by atoms with van der Waals surface area (Å²) >= 11 is 6.01. The van der Waals surface area contributed by atoms with Crippen molar-refractivity contribution in [1.82, 2.24) is 14.7 Å². The number of aromatic nitrogens is 2. The molecule has 0 unspecified atom stereocenters. The van der Waals surface area contributed by atoms with Crippen molar-refractivity contribution in [3.8, 4) is 0 Å². The Morgan fingerprint density at radius 1 is 1.50 bits per heavy atom. The average Bonchev–Trinajstić information content (AvgIpc) is 2.78. The van der Waals surface area contributed by atoms with E-state index in [0.717, 1.165) is 0 Å². The zero-order valence-electron chi connectivity index (χ0n) is 10.7. The van der Waals surface area contributed by atoms with E-state index >= 15 is 0 Å². The number of rotatable bonds is 4. The maximum atomic E-state index is 11.5. The van der Waals surface area contributed by atoms with E-state index in [2.05, 4.69) is 15.0 Å². The van der Waals surface area contributed by atoms with Crippen molar-refractivity contribution >= 4 is 35.2 Å². The van der Waals surface area contributed by atoms with Crippen LogP contribution in [0.4, 0.5) is 0 Å². The summed E-state index contributed by atoms with van der Waals surface area (Å²) in [6.45, 7) is -0.180. The topological polar surface area (TPSA) is 72.7 Å². The Kier molecular flexibility index (Phi) is 4.37. The molecule has 1 amide bonds. The molecule has 0 saturated heterocycles. The summed E-state index contributed by atoms with van der Waals surface area (Å²) in [6.07, 6.45) is 4.61. The van der Waals surface area contributed by atoms with Crippen molar-refractivity contribution < 1.29 is 14.3 Å². The molecule has 0 fully saturated rings. The number of pyridine rings is 1. The fraction of sp³-hybridized carbons (Fsp3) is 0.154. The van der Waals surface area contributed by atoms with Gasteiger partial charge in [-0.2, -0.15) is 0 Å². The Bertz CT molecular complexity index is 679. The minimum Gasteiger partial charge on any atom is -0.468 e. The molecule has 0 saturated carbocycles. The van der Waals surface area contributed by atoms with Gasteiger partial charge in [-0.25, -0.2) is 4.98 Å². The summed E-state index contributed by atoms with van der Waals surface area (Å²) in [7, 11) is 1.25. The highest BCUT2D eigenvalue weighted by Crippen LogP contribution is 2.18. The number of nitrogens with zero attached hydrogens (tertiary/aromatic N) is 2. The lowest BCUT2D eigenvalue weighted by molar-refractivity contribution is -0.140.